The summed E-state index contributed by atoms with van der Waals surface area (Å²) >= 11 is 9.87. The summed E-state index contributed by atoms with van der Waals surface area (Å²) in [5.74, 6) is -0.141. The zero-order valence-corrected chi connectivity index (χ0v) is 18.9. The van der Waals surface area contributed by atoms with Gasteiger partial charge in [0.2, 0.25) is 0 Å². The van der Waals surface area contributed by atoms with E-state index in [-0.39, 0.29) is 11.4 Å². The van der Waals surface area contributed by atoms with Crippen LogP contribution in [0.5, 0.6) is 5.75 Å². The molecule has 31 heavy (non-hydrogen) atoms. The second-order valence-corrected chi connectivity index (χ2v) is 9.05. The third-order valence-electron chi connectivity index (χ3n) is 5.73. The maximum Gasteiger partial charge on any atom is 0.278 e. The molecule has 0 amide bonds. The summed E-state index contributed by atoms with van der Waals surface area (Å²) in [6.45, 7) is 2.17. The molecule has 158 valence electrons. The Morgan fingerprint density at radius 2 is 1.84 bits per heavy atom. The van der Waals surface area contributed by atoms with E-state index in [4.69, 9.17) is 11.6 Å². The van der Waals surface area contributed by atoms with Crippen molar-refractivity contribution in [2.24, 2.45) is 0 Å². The van der Waals surface area contributed by atoms with Gasteiger partial charge in [0.05, 0.1) is 21.2 Å². The third kappa shape index (κ3) is 3.72. The highest BCUT2D eigenvalue weighted by Gasteiger charge is 2.18. The molecule has 8 heteroatoms. The Hall–Kier alpha value is -2.77. The number of fused-ring (bicyclic) bond motifs is 1. The molecule has 2 aromatic heterocycles. The maximum absolute atomic E-state index is 12.6. The molecule has 0 radical (unpaired) electrons. The largest absolute Gasteiger partial charge is 0.505 e. The Bertz CT molecular complexity index is 1320. The Kier molecular flexibility index (Phi) is 5.24. The summed E-state index contributed by atoms with van der Waals surface area (Å²) in [5, 5.41) is 16.1. The van der Waals surface area contributed by atoms with E-state index in [0.717, 1.165) is 24.2 Å². The molecule has 5 rings (SSSR count). The van der Waals surface area contributed by atoms with Gasteiger partial charge in [0.15, 0.2) is 11.4 Å². The first-order valence-electron chi connectivity index (χ1n) is 10.2. The third-order valence-corrected chi connectivity index (χ3v) is 6.45. The van der Waals surface area contributed by atoms with Crippen LogP contribution >= 0.6 is 27.5 Å². The summed E-state index contributed by atoms with van der Waals surface area (Å²) in [6, 6.07) is 11.8. The molecular formula is C23H20BrClN4O2. The molecule has 1 aliphatic rings. The van der Waals surface area contributed by atoms with E-state index < -0.39 is 5.56 Å². The molecule has 1 aliphatic heterocycles. The minimum Gasteiger partial charge on any atom is -0.505 e. The van der Waals surface area contributed by atoms with E-state index in [2.05, 4.69) is 43.0 Å². The van der Waals surface area contributed by atoms with Gasteiger partial charge in [-0.15, -0.1) is 0 Å². The van der Waals surface area contributed by atoms with Gasteiger partial charge in [-0.05, 0) is 65.0 Å². The van der Waals surface area contributed by atoms with Crippen molar-refractivity contribution >= 4 is 44.1 Å². The molecule has 0 aliphatic carbocycles. The van der Waals surface area contributed by atoms with Gasteiger partial charge in [0.25, 0.3) is 5.56 Å². The van der Waals surface area contributed by atoms with Gasteiger partial charge in [-0.2, -0.15) is 5.10 Å². The smallest absolute Gasteiger partial charge is 0.278 e. The predicted octanol–water partition coefficient (Wildman–Crippen LogP) is 5.49. The van der Waals surface area contributed by atoms with Crippen LogP contribution in [0.15, 0.2) is 58.1 Å². The van der Waals surface area contributed by atoms with Gasteiger partial charge < -0.3 is 15.0 Å². The van der Waals surface area contributed by atoms with Gasteiger partial charge in [-0.1, -0.05) is 23.7 Å². The molecule has 6 nitrogen and oxygen atoms in total. The van der Waals surface area contributed by atoms with Crippen LogP contribution in [0.25, 0.3) is 27.7 Å². The Morgan fingerprint density at radius 1 is 1.10 bits per heavy atom. The van der Waals surface area contributed by atoms with Gasteiger partial charge in [-0.3, -0.25) is 4.79 Å². The molecule has 0 saturated carbocycles. The number of aromatic hydroxyl groups is 1. The van der Waals surface area contributed by atoms with Gasteiger partial charge in [0, 0.05) is 35.9 Å². The number of anilines is 1. The van der Waals surface area contributed by atoms with Crippen LogP contribution < -0.4 is 10.5 Å². The number of aromatic amines is 1. The number of piperidine rings is 1. The van der Waals surface area contributed by atoms with Crippen LogP contribution in [0.3, 0.4) is 0 Å². The number of hydrogen-bond acceptors (Lipinski definition) is 4. The normalized spacial score (nSPS) is 14.3. The fourth-order valence-corrected chi connectivity index (χ4v) is 4.71. The minimum atomic E-state index is -0.449. The number of H-pyrrole nitrogens is 1. The standard InChI is InChI=1S/C23H20BrClN4O2/c24-15-12-26-29(13-15)21-22(30)18-10-17(19(25)11-20(18)27-23(21)31)14-4-6-16(7-5-14)28-8-2-1-3-9-28/h4-7,10-13H,1-3,8-9H2,(H2,27,30,31). The Labute approximate surface area is 192 Å². The quantitative estimate of drug-likeness (QED) is 0.391. The Morgan fingerprint density at radius 3 is 2.52 bits per heavy atom. The molecule has 4 aromatic rings. The lowest BCUT2D eigenvalue weighted by atomic mass is 10.0. The molecule has 0 bridgehead atoms. The van der Waals surface area contributed by atoms with Crippen LogP contribution in [-0.2, 0) is 0 Å². The second kappa shape index (κ2) is 8.05. The number of aromatic nitrogens is 3. The Balaban J connectivity index is 1.59. The lowest BCUT2D eigenvalue weighted by molar-refractivity contribution is 0.475. The lowest BCUT2D eigenvalue weighted by Crippen LogP contribution is -2.29. The molecule has 1 fully saturated rings. The summed E-state index contributed by atoms with van der Waals surface area (Å²) in [4.78, 5) is 17.8. The monoisotopic (exact) mass is 498 g/mol. The van der Waals surface area contributed by atoms with Crippen molar-refractivity contribution in [2.75, 3.05) is 18.0 Å². The summed E-state index contributed by atoms with van der Waals surface area (Å²) in [7, 11) is 0. The average Bonchev–Trinajstić information content (AvgIpc) is 3.20. The van der Waals surface area contributed by atoms with Crippen LogP contribution in [0.4, 0.5) is 5.69 Å². The van der Waals surface area contributed by atoms with Crippen molar-refractivity contribution in [3.8, 4) is 22.6 Å². The first kappa shape index (κ1) is 20.2. The fourth-order valence-electron chi connectivity index (χ4n) is 4.15. The van der Waals surface area contributed by atoms with Crippen LogP contribution in [0.2, 0.25) is 5.02 Å². The molecule has 0 atom stereocenters. The number of benzene rings is 2. The molecule has 1 saturated heterocycles. The molecule has 2 aromatic carbocycles. The van der Waals surface area contributed by atoms with Crippen molar-refractivity contribution in [1.29, 1.82) is 0 Å². The minimum absolute atomic E-state index is 0.0620. The number of rotatable bonds is 3. The van der Waals surface area contributed by atoms with Crippen LogP contribution in [-0.4, -0.2) is 33.0 Å². The topological polar surface area (TPSA) is 74.2 Å². The molecule has 2 N–H and O–H groups in total. The van der Waals surface area contributed by atoms with E-state index in [1.54, 1.807) is 24.5 Å². The van der Waals surface area contributed by atoms with Crippen molar-refractivity contribution in [3.05, 3.63) is 68.6 Å². The number of halogens is 2. The first-order valence-corrected chi connectivity index (χ1v) is 11.3. The SMILES string of the molecule is O=c1[nH]c2cc(Cl)c(-c3ccc(N4CCCCC4)cc3)cc2c(O)c1-n1cc(Br)cn1. The molecule has 3 heterocycles. The number of pyridine rings is 1. The van der Waals surface area contributed by atoms with Crippen molar-refractivity contribution in [1.82, 2.24) is 14.8 Å². The maximum atomic E-state index is 12.6. The summed E-state index contributed by atoms with van der Waals surface area (Å²) < 4.78 is 2.05. The zero-order chi connectivity index (χ0) is 21.5. The summed E-state index contributed by atoms with van der Waals surface area (Å²) in [5.41, 5.74) is 3.02. The predicted molar refractivity (Wildman–Crippen MR) is 128 cm³/mol. The van der Waals surface area contributed by atoms with E-state index in [0.29, 0.717) is 20.4 Å². The average molecular weight is 500 g/mol. The lowest BCUT2D eigenvalue weighted by Gasteiger charge is -2.28. The van der Waals surface area contributed by atoms with Crippen molar-refractivity contribution in [2.45, 2.75) is 19.3 Å². The van der Waals surface area contributed by atoms with Crippen LogP contribution in [0, 0.1) is 0 Å². The van der Waals surface area contributed by atoms with E-state index in [1.165, 1.54) is 29.6 Å². The highest BCUT2D eigenvalue weighted by molar-refractivity contribution is 9.10. The van der Waals surface area contributed by atoms with Gasteiger partial charge in [-0.25, -0.2) is 4.68 Å². The summed E-state index contributed by atoms with van der Waals surface area (Å²) in [6.07, 6.45) is 6.92. The van der Waals surface area contributed by atoms with Crippen molar-refractivity contribution < 1.29 is 5.11 Å². The van der Waals surface area contributed by atoms with Crippen molar-refractivity contribution in [3.63, 3.8) is 0 Å². The van der Waals surface area contributed by atoms with Gasteiger partial charge in [0.1, 0.15) is 0 Å². The van der Waals surface area contributed by atoms with Crippen LogP contribution in [0.1, 0.15) is 19.3 Å². The zero-order valence-electron chi connectivity index (χ0n) is 16.6. The van der Waals surface area contributed by atoms with E-state index >= 15 is 0 Å². The molecule has 0 spiro atoms. The number of nitrogens with one attached hydrogen (secondary N) is 1. The molecular weight excluding hydrogens is 480 g/mol. The van der Waals surface area contributed by atoms with Gasteiger partial charge >= 0.3 is 0 Å². The first-order chi connectivity index (χ1) is 15.0. The van der Waals surface area contributed by atoms with E-state index in [9.17, 15) is 9.90 Å². The molecule has 0 unspecified atom stereocenters. The number of nitrogens with zero attached hydrogens (tertiary/aromatic N) is 3. The fraction of sp³-hybridized carbons (Fsp3) is 0.217. The highest BCUT2D eigenvalue weighted by Crippen LogP contribution is 2.37. The highest BCUT2D eigenvalue weighted by atomic mass is 79.9. The van der Waals surface area contributed by atoms with E-state index in [1.807, 2.05) is 12.1 Å². The number of hydrogen-bond donors (Lipinski definition) is 2. The second-order valence-electron chi connectivity index (χ2n) is 7.73.